The molecular weight excluding hydrogens is 883 g/mol. The third-order valence-corrected chi connectivity index (χ3v) is 14.9. The van der Waals surface area contributed by atoms with Crippen LogP contribution in [0, 0.1) is 0 Å². The molecule has 10 rings (SSSR count). The lowest BCUT2D eigenvalue weighted by Gasteiger charge is -2.40. The third kappa shape index (κ3) is 10.2. The number of nitrogens with one attached hydrogen (secondary N) is 4. The molecule has 4 atom stereocenters. The molecular formula is C55H65N9O6. The summed E-state index contributed by atoms with van der Waals surface area (Å²) < 4.78 is 0. The predicted octanol–water partition coefficient (Wildman–Crippen LogP) is 7.76. The molecule has 2 aliphatic carbocycles. The summed E-state index contributed by atoms with van der Waals surface area (Å²) in [7, 11) is 5.98. The Kier molecular flexibility index (Phi) is 16.0. The summed E-state index contributed by atoms with van der Waals surface area (Å²) >= 11 is 0. The van der Waals surface area contributed by atoms with Gasteiger partial charge in [-0.3, -0.25) is 19.2 Å². The van der Waals surface area contributed by atoms with Crippen LogP contribution in [0.2, 0.25) is 0 Å². The number of amides is 2. The number of nitrogens with zero attached hydrogens (tertiary/aromatic N) is 5. The molecule has 3 fully saturated rings. The van der Waals surface area contributed by atoms with E-state index in [1.54, 1.807) is 0 Å². The Balaban J connectivity index is 0.00000105. The number of imidazole rings is 2. The molecule has 2 amide bonds. The molecule has 3 aromatic carbocycles. The van der Waals surface area contributed by atoms with Crippen LogP contribution in [0.4, 0.5) is 0 Å². The first-order valence-corrected chi connectivity index (χ1v) is 24.4. The van der Waals surface area contributed by atoms with Gasteiger partial charge in [0.15, 0.2) is 0 Å². The number of fused-ring (bicyclic) bond motifs is 2. The van der Waals surface area contributed by atoms with Crippen LogP contribution in [0.25, 0.3) is 33.6 Å². The number of piperidine rings is 1. The largest absolute Gasteiger partial charge is 0.483 e. The van der Waals surface area contributed by atoms with Crippen molar-refractivity contribution in [2.24, 2.45) is 0 Å². The summed E-state index contributed by atoms with van der Waals surface area (Å²) in [5.74, 6) is 1.90. The number of H-pyrrole nitrogens is 2. The SMILES string of the molecule is CNC(C(=O)N1CCCC1c1ncc(-c2ccc(-c3ccc(-c4cnc([C@@H]5CCCN5C(=O)[C@@H](NC)C5=CC=CC=CC5)[nH]4)cc3)c3c2CCC32CCN(C)CC2)[nH]1)c1ccccc1.O=CO.O=CO. The van der Waals surface area contributed by atoms with Crippen molar-refractivity contribution in [3.8, 4) is 33.6 Å². The first-order chi connectivity index (χ1) is 34.2. The number of likely N-dealkylation sites (tertiary alicyclic amines) is 3. The van der Waals surface area contributed by atoms with E-state index in [9.17, 15) is 9.59 Å². The van der Waals surface area contributed by atoms with Crippen molar-refractivity contribution in [2.75, 3.05) is 47.3 Å². The highest BCUT2D eigenvalue weighted by molar-refractivity contribution is 5.86. The van der Waals surface area contributed by atoms with E-state index in [0.29, 0.717) is 0 Å². The number of carboxylic acid groups (broad SMARTS) is 2. The second kappa shape index (κ2) is 22.7. The average Bonchev–Trinajstić information content (AvgIpc) is 4.25. The van der Waals surface area contributed by atoms with Gasteiger partial charge >= 0.3 is 0 Å². The van der Waals surface area contributed by atoms with Crippen LogP contribution >= 0.6 is 0 Å². The Hall–Kier alpha value is -6.94. The van der Waals surface area contributed by atoms with Gasteiger partial charge in [-0.1, -0.05) is 97.1 Å². The molecule has 0 saturated carbocycles. The Bertz CT molecular complexity index is 2690. The summed E-state index contributed by atoms with van der Waals surface area (Å²) in [4.78, 5) is 68.5. The van der Waals surface area contributed by atoms with Crippen LogP contribution in [-0.2, 0) is 31.0 Å². The standard InChI is InChI=1S/C53H61N9O2.2CH2O2/c1-54-47(37-13-7-4-5-8-14-37)51(63)61-29-11-17-44(61)49-56-33-42(58-49)36-21-19-35(20-22-36)39-23-24-40(41-25-26-53(46(39)41)27-31-60(3)32-28-53)43-34-57-50(59-43)45-18-12-30-62(45)52(64)48(55-2)38-15-9-6-10-16-38;2*2-1-3/h4-10,13,15-16,19-24,33-34,44-45,47-48,54-55H,11-12,14,17-18,25-32H2,1-3H3,(H,56,58)(H,57,59);2*1H,(H,2,3)/t44-,45?,47-,48?;;/m0../s1. The molecule has 3 saturated heterocycles. The van der Waals surface area contributed by atoms with Crippen LogP contribution in [-0.4, -0.2) is 123 Å². The van der Waals surface area contributed by atoms with Crippen LogP contribution in [0.1, 0.15) is 97.8 Å². The smallest absolute Gasteiger partial charge is 0.290 e. The van der Waals surface area contributed by atoms with E-state index in [2.05, 4.69) is 81.1 Å². The summed E-state index contributed by atoms with van der Waals surface area (Å²) in [6.07, 6.45) is 23.0. The van der Waals surface area contributed by atoms with Crippen LogP contribution in [0.3, 0.4) is 0 Å². The molecule has 3 aliphatic heterocycles. The monoisotopic (exact) mass is 948 g/mol. The highest BCUT2D eigenvalue weighted by atomic mass is 16.3. The second-order valence-electron chi connectivity index (χ2n) is 18.7. The lowest BCUT2D eigenvalue weighted by molar-refractivity contribution is -0.135. The molecule has 15 heteroatoms. The first kappa shape index (κ1) is 49.5. The molecule has 15 nitrogen and oxygen atoms in total. The molecule has 5 heterocycles. The first-order valence-electron chi connectivity index (χ1n) is 24.4. The van der Waals surface area contributed by atoms with E-state index in [1.807, 2.05) is 84.8 Å². The predicted molar refractivity (Wildman–Crippen MR) is 271 cm³/mol. The third-order valence-electron chi connectivity index (χ3n) is 14.9. The number of benzene rings is 3. The lowest BCUT2D eigenvalue weighted by atomic mass is 9.71. The molecule has 366 valence electrons. The maximum atomic E-state index is 14.0. The maximum absolute atomic E-state index is 14.0. The Morgan fingerprint density at radius 1 is 0.714 bits per heavy atom. The zero-order valence-corrected chi connectivity index (χ0v) is 40.3. The highest BCUT2D eigenvalue weighted by Crippen LogP contribution is 2.52. The number of aromatic amines is 2. The minimum Gasteiger partial charge on any atom is -0.483 e. The van der Waals surface area contributed by atoms with Crippen molar-refractivity contribution in [2.45, 2.75) is 87.4 Å². The number of hydrogen-bond donors (Lipinski definition) is 6. The Morgan fingerprint density at radius 3 is 1.91 bits per heavy atom. The number of allylic oxidation sites excluding steroid dienone is 5. The average molecular weight is 948 g/mol. The van der Waals surface area contributed by atoms with Crippen molar-refractivity contribution in [3.63, 3.8) is 0 Å². The number of rotatable bonds is 11. The van der Waals surface area contributed by atoms with Crippen molar-refractivity contribution in [1.82, 2.24) is 45.3 Å². The number of hydrogen-bond acceptors (Lipinski definition) is 9. The maximum Gasteiger partial charge on any atom is 0.290 e. The number of aromatic nitrogens is 4. The van der Waals surface area contributed by atoms with Gasteiger partial charge in [-0.05, 0) is 136 Å². The molecule has 70 heavy (non-hydrogen) atoms. The zero-order valence-electron chi connectivity index (χ0n) is 40.3. The summed E-state index contributed by atoms with van der Waals surface area (Å²) in [6.45, 7) is 3.12. The molecule has 2 unspecified atom stereocenters. The normalized spacial score (nSPS) is 20.1. The topological polar surface area (TPSA) is 200 Å². The molecule has 0 bridgehead atoms. The van der Waals surface area contributed by atoms with E-state index in [-0.39, 0.29) is 48.3 Å². The van der Waals surface area contributed by atoms with Gasteiger partial charge in [0, 0.05) is 18.7 Å². The van der Waals surface area contributed by atoms with Gasteiger partial charge in [0.25, 0.3) is 12.9 Å². The van der Waals surface area contributed by atoms with E-state index in [0.717, 1.165) is 124 Å². The lowest BCUT2D eigenvalue weighted by Crippen LogP contribution is -2.46. The number of carbonyl (C=O) groups is 4. The van der Waals surface area contributed by atoms with Crippen LogP contribution in [0.15, 0.2) is 115 Å². The summed E-state index contributed by atoms with van der Waals surface area (Å²) in [5, 5.41) is 20.3. The fourth-order valence-corrected chi connectivity index (χ4v) is 11.5. The Labute approximate surface area is 409 Å². The second-order valence-corrected chi connectivity index (χ2v) is 18.7. The number of carbonyl (C=O) groups excluding carboxylic acids is 2. The van der Waals surface area contributed by atoms with Gasteiger partial charge in [-0.15, -0.1) is 0 Å². The van der Waals surface area contributed by atoms with Crippen molar-refractivity contribution >= 4 is 24.8 Å². The van der Waals surface area contributed by atoms with Gasteiger partial charge in [0.1, 0.15) is 23.7 Å². The minimum absolute atomic E-state index is 0.0865. The fraction of sp³-hybridized carbons (Fsp3) is 0.382. The van der Waals surface area contributed by atoms with E-state index in [4.69, 9.17) is 29.8 Å². The summed E-state index contributed by atoms with van der Waals surface area (Å²) in [5.41, 5.74) is 11.9. The van der Waals surface area contributed by atoms with E-state index < -0.39 is 6.04 Å². The van der Waals surface area contributed by atoms with Gasteiger partial charge < -0.3 is 45.5 Å². The minimum atomic E-state index is -0.398. The zero-order chi connectivity index (χ0) is 49.2. The van der Waals surface area contributed by atoms with Gasteiger partial charge in [0.05, 0.1) is 35.9 Å². The molecule has 5 aromatic rings. The van der Waals surface area contributed by atoms with E-state index in [1.165, 1.54) is 27.8 Å². The van der Waals surface area contributed by atoms with E-state index >= 15 is 0 Å². The number of likely N-dealkylation sites (N-methyl/N-ethyl adjacent to an activating group) is 2. The van der Waals surface area contributed by atoms with Crippen molar-refractivity contribution < 1.29 is 29.4 Å². The van der Waals surface area contributed by atoms with Gasteiger partial charge in [-0.2, -0.15) is 0 Å². The molecule has 6 N–H and O–H groups in total. The summed E-state index contributed by atoms with van der Waals surface area (Å²) in [6, 6.07) is 22.7. The molecule has 2 aromatic heterocycles. The molecule has 0 radical (unpaired) electrons. The molecule has 5 aliphatic rings. The highest BCUT2D eigenvalue weighted by Gasteiger charge is 2.44. The van der Waals surface area contributed by atoms with Gasteiger partial charge in [0.2, 0.25) is 11.8 Å². The quantitative estimate of drug-likeness (QED) is 0.0708. The van der Waals surface area contributed by atoms with Crippen molar-refractivity contribution in [3.05, 3.63) is 143 Å². The van der Waals surface area contributed by atoms with Gasteiger partial charge in [-0.25, -0.2) is 9.97 Å². The van der Waals surface area contributed by atoms with Crippen LogP contribution < -0.4 is 10.6 Å². The molecule has 1 spiro atoms. The Morgan fingerprint density at radius 2 is 1.29 bits per heavy atom. The fourth-order valence-electron chi connectivity index (χ4n) is 11.5. The van der Waals surface area contributed by atoms with Crippen LogP contribution in [0.5, 0.6) is 0 Å². The van der Waals surface area contributed by atoms with Crippen molar-refractivity contribution in [1.29, 1.82) is 0 Å².